The molecule has 0 spiro atoms. The third kappa shape index (κ3) is 5.92. The molecule has 3 unspecified atom stereocenters. The van der Waals surface area contributed by atoms with Crippen LogP contribution < -0.4 is 14.2 Å². The third-order valence-electron chi connectivity index (χ3n) is 7.83. The van der Waals surface area contributed by atoms with Gasteiger partial charge in [0.1, 0.15) is 35.3 Å². The molecule has 3 atom stereocenters. The number of carbonyl (C=O) groups excluding carboxylic acids is 2. The zero-order valence-corrected chi connectivity index (χ0v) is 23.6. The van der Waals surface area contributed by atoms with Crippen molar-refractivity contribution in [2.45, 2.75) is 51.5 Å². The van der Waals surface area contributed by atoms with Gasteiger partial charge in [0.15, 0.2) is 0 Å². The van der Waals surface area contributed by atoms with E-state index in [2.05, 4.69) is 0 Å². The lowest BCUT2D eigenvalue weighted by atomic mass is 9.67. The summed E-state index contributed by atoms with van der Waals surface area (Å²) in [5.41, 5.74) is 1.47. The highest BCUT2D eigenvalue weighted by Crippen LogP contribution is 2.45. The van der Waals surface area contributed by atoms with E-state index in [0.29, 0.717) is 18.6 Å². The zero-order valence-electron chi connectivity index (χ0n) is 23.6. The lowest BCUT2D eigenvalue weighted by Crippen LogP contribution is -2.76. The first-order chi connectivity index (χ1) is 19.2. The minimum atomic E-state index is -1.30. The van der Waals surface area contributed by atoms with Gasteiger partial charge in [-0.1, -0.05) is 36.4 Å². The Balaban J connectivity index is 1.62. The fraction of sp³-hybridized carbons (Fsp3) is 0.375. The summed E-state index contributed by atoms with van der Waals surface area (Å²) in [6.07, 6.45) is -0.0442. The molecular weight excluding hydrogens is 510 g/mol. The molecule has 1 saturated heterocycles. The van der Waals surface area contributed by atoms with Crippen molar-refractivity contribution in [3.05, 3.63) is 89.5 Å². The van der Waals surface area contributed by atoms with Crippen molar-refractivity contribution in [1.82, 2.24) is 4.90 Å². The Morgan fingerprint density at radius 2 is 1.20 bits per heavy atom. The second-order valence-corrected chi connectivity index (χ2v) is 10.3. The van der Waals surface area contributed by atoms with Crippen molar-refractivity contribution in [3.8, 4) is 17.2 Å². The van der Waals surface area contributed by atoms with Crippen molar-refractivity contribution in [3.63, 3.8) is 0 Å². The Morgan fingerprint density at radius 3 is 1.57 bits per heavy atom. The number of ether oxygens (including phenoxy) is 4. The van der Waals surface area contributed by atoms with Crippen molar-refractivity contribution in [2.75, 3.05) is 21.3 Å². The molecule has 8 heteroatoms. The van der Waals surface area contributed by atoms with Crippen LogP contribution in [0.2, 0.25) is 0 Å². The van der Waals surface area contributed by atoms with E-state index >= 15 is 0 Å². The molecule has 4 rings (SSSR count). The van der Waals surface area contributed by atoms with Crippen molar-refractivity contribution in [2.24, 2.45) is 5.41 Å². The van der Waals surface area contributed by atoms with Gasteiger partial charge in [-0.15, -0.1) is 0 Å². The normalized spacial score (nSPS) is 19.1. The fourth-order valence-electron chi connectivity index (χ4n) is 5.17. The van der Waals surface area contributed by atoms with Gasteiger partial charge < -0.3 is 29.0 Å². The summed E-state index contributed by atoms with van der Waals surface area (Å²) in [6.45, 7) is 3.22. The molecule has 3 aromatic rings. The smallest absolute Gasteiger partial charge is 0.330 e. The maximum Gasteiger partial charge on any atom is 0.330 e. The summed E-state index contributed by atoms with van der Waals surface area (Å²) in [7, 11) is 4.81. The monoisotopic (exact) mass is 547 g/mol. The van der Waals surface area contributed by atoms with Crippen molar-refractivity contribution < 1.29 is 33.6 Å². The number of β-lactam (4-membered cyclic amide) rings is 1. The molecule has 3 aromatic carbocycles. The molecule has 1 fully saturated rings. The van der Waals surface area contributed by atoms with Gasteiger partial charge in [0.25, 0.3) is 0 Å². The van der Waals surface area contributed by atoms with Gasteiger partial charge in [-0.3, -0.25) is 4.79 Å². The van der Waals surface area contributed by atoms with Gasteiger partial charge in [-0.05, 0) is 79.8 Å². The fourth-order valence-corrected chi connectivity index (χ4v) is 5.17. The molecule has 8 nitrogen and oxygen atoms in total. The molecule has 0 saturated carbocycles. The Hall–Kier alpha value is -4.04. The molecule has 1 heterocycles. The first kappa shape index (κ1) is 29.0. The Kier molecular flexibility index (Phi) is 9.00. The second kappa shape index (κ2) is 12.4. The van der Waals surface area contributed by atoms with Gasteiger partial charge in [0.2, 0.25) is 5.91 Å². The van der Waals surface area contributed by atoms with E-state index in [-0.39, 0.29) is 18.6 Å². The van der Waals surface area contributed by atoms with E-state index < -0.39 is 23.5 Å². The van der Waals surface area contributed by atoms with E-state index in [0.717, 1.165) is 28.2 Å². The number of carbonyl (C=O) groups is 2. The van der Waals surface area contributed by atoms with Crippen LogP contribution in [0.25, 0.3) is 0 Å². The number of esters is 1. The molecule has 0 radical (unpaired) electrons. The number of benzene rings is 3. The highest BCUT2D eigenvalue weighted by Gasteiger charge is 2.65. The lowest BCUT2D eigenvalue weighted by Gasteiger charge is -2.57. The minimum absolute atomic E-state index is 0.0405. The summed E-state index contributed by atoms with van der Waals surface area (Å²) in [4.78, 5) is 28.9. The summed E-state index contributed by atoms with van der Waals surface area (Å²) >= 11 is 0. The highest BCUT2D eigenvalue weighted by atomic mass is 16.5. The molecule has 1 N–H and O–H groups in total. The lowest BCUT2D eigenvalue weighted by molar-refractivity contribution is -0.202. The maximum absolute atomic E-state index is 13.7. The standard InChI is InChI=1S/C32H37NO7/c1-21(34)32(2)29(30(35)40-20-24-10-16-28(39-5)17-11-24)33(31(32)36)25(18-22-6-12-26(37-3)13-7-22)19-23-8-14-27(38-4)15-9-23/h6-17,21,25,29,34H,18-20H2,1-5H3. The average Bonchev–Trinajstić information content (AvgIpc) is 2.98. The first-order valence-electron chi connectivity index (χ1n) is 13.3. The average molecular weight is 548 g/mol. The van der Waals surface area contributed by atoms with Gasteiger partial charge in [0.05, 0.1) is 27.4 Å². The number of rotatable bonds is 12. The number of hydrogen-bond donors (Lipinski definition) is 1. The Labute approximate surface area is 235 Å². The SMILES string of the molecule is COc1ccc(COC(=O)C2N(C(Cc3ccc(OC)cc3)Cc3ccc(OC)cc3)C(=O)C2(C)C(C)O)cc1. The number of hydrogen-bond acceptors (Lipinski definition) is 7. The van der Waals surface area contributed by atoms with Crippen LogP contribution in [-0.4, -0.2) is 61.4 Å². The molecule has 0 aliphatic carbocycles. The van der Waals surface area contributed by atoms with Crippen molar-refractivity contribution >= 4 is 11.9 Å². The number of aliphatic hydroxyl groups is 1. The first-order valence-corrected chi connectivity index (χ1v) is 13.3. The van der Waals surface area contributed by atoms with Crippen LogP contribution in [0.1, 0.15) is 30.5 Å². The summed E-state index contributed by atoms with van der Waals surface area (Å²) in [6, 6.07) is 21.2. The Morgan fingerprint density at radius 1 is 0.800 bits per heavy atom. The molecule has 0 bridgehead atoms. The summed E-state index contributed by atoms with van der Waals surface area (Å²) in [5, 5.41) is 10.7. The molecule has 212 valence electrons. The zero-order chi connectivity index (χ0) is 28.9. The highest BCUT2D eigenvalue weighted by molar-refractivity contribution is 6.01. The van der Waals surface area contributed by atoms with Crippen LogP contribution in [0.5, 0.6) is 17.2 Å². The van der Waals surface area contributed by atoms with E-state index in [4.69, 9.17) is 18.9 Å². The van der Waals surface area contributed by atoms with Crippen LogP contribution in [0.15, 0.2) is 72.8 Å². The van der Waals surface area contributed by atoms with Gasteiger partial charge >= 0.3 is 5.97 Å². The second-order valence-electron chi connectivity index (χ2n) is 10.3. The van der Waals surface area contributed by atoms with Gasteiger partial charge in [-0.2, -0.15) is 0 Å². The number of nitrogens with zero attached hydrogens (tertiary/aromatic N) is 1. The number of amides is 1. The largest absolute Gasteiger partial charge is 0.497 e. The van der Waals surface area contributed by atoms with Crippen molar-refractivity contribution in [1.29, 1.82) is 0 Å². The van der Waals surface area contributed by atoms with Gasteiger partial charge in [-0.25, -0.2) is 4.79 Å². The predicted molar refractivity (Wildman–Crippen MR) is 150 cm³/mol. The topological polar surface area (TPSA) is 94.5 Å². The van der Waals surface area contributed by atoms with E-state index in [1.807, 2.05) is 60.7 Å². The summed E-state index contributed by atoms with van der Waals surface area (Å²) < 4.78 is 21.5. The quantitative estimate of drug-likeness (QED) is 0.268. The molecule has 1 aliphatic heterocycles. The van der Waals surface area contributed by atoms with Crippen LogP contribution >= 0.6 is 0 Å². The molecule has 1 amide bonds. The number of likely N-dealkylation sites (tertiary alicyclic amines) is 1. The third-order valence-corrected chi connectivity index (χ3v) is 7.83. The van der Waals surface area contributed by atoms with E-state index in [9.17, 15) is 14.7 Å². The van der Waals surface area contributed by atoms with Crippen LogP contribution in [-0.2, 0) is 33.8 Å². The van der Waals surface area contributed by atoms with Crippen LogP contribution in [0, 0.1) is 5.41 Å². The summed E-state index contributed by atoms with van der Waals surface area (Å²) in [5.74, 6) is 1.34. The molecule has 40 heavy (non-hydrogen) atoms. The van der Waals surface area contributed by atoms with Gasteiger partial charge in [0, 0.05) is 6.04 Å². The maximum atomic E-state index is 13.7. The molecule has 0 aromatic heterocycles. The van der Waals surface area contributed by atoms with Crippen LogP contribution in [0.4, 0.5) is 0 Å². The van der Waals surface area contributed by atoms with E-state index in [1.54, 1.807) is 52.2 Å². The minimum Gasteiger partial charge on any atom is -0.497 e. The number of aliphatic hydroxyl groups excluding tert-OH is 1. The Bertz CT molecular complexity index is 1240. The number of methoxy groups -OCH3 is 3. The predicted octanol–water partition coefficient (Wildman–Crippen LogP) is 4.21. The molecule has 1 aliphatic rings. The molecular formula is C32H37NO7. The van der Waals surface area contributed by atoms with E-state index in [1.165, 1.54) is 0 Å². The van der Waals surface area contributed by atoms with Crippen LogP contribution in [0.3, 0.4) is 0 Å².